The van der Waals surface area contributed by atoms with Crippen molar-refractivity contribution < 1.29 is 0 Å². The number of nitriles is 1. The van der Waals surface area contributed by atoms with Crippen molar-refractivity contribution in [2.24, 2.45) is 0 Å². The van der Waals surface area contributed by atoms with Crippen LogP contribution in [0.2, 0.25) is 0 Å². The van der Waals surface area contributed by atoms with Gasteiger partial charge in [0.15, 0.2) is 0 Å². The maximum Gasteiger partial charge on any atom is 0.105 e. The van der Waals surface area contributed by atoms with Crippen molar-refractivity contribution in [3.8, 4) is 56.8 Å². The Morgan fingerprint density at radius 3 is 1.01 bits per heavy atom. The first-order valence-corrected chi connectivity index (χ1v) is 34.0. The fourth-order valence-corrected chi connectivity index (χ4v) is 16.4. The van der Waals surface area contributed by atoms with E-state index in [9.17, 15) is 5.26 Å². The zero-order valence-corrected chi connectivity index (χ0v) is 53.8. The second kappa shape index (κ2) is 22.4. The predicted molar refractivity (Wildman–Crippen MR) is 413 cm³/mol. The second-order valence-electron chi connectivity index (χ2n) is 25.9. The standard InChI is InChI=1S/C91H60N8/c92-57-74-87(95-77-43-19-9-33-64(77)65-34-10-20-44-78(65)95)89(98-83-49-25-15-39-70(83)72-55-60(51-53-85(72)98)93-75-41-17-7-31-62(75)58-27-3-1-4-28-58)91(97-81-47-23-13-37-68(81)69-38-14-24-48-82(69)97)90(88(74)96-79-45-21-11-35-66(79)67-36-12-22-46-80(67)96)99-84-50-26-16-40-71(84)73-56-61(52-54-86(73)99)94-76-42-18-8-32-63(76)59-29-5-2-6-30-59/h1-11,13-35,37-56,93-94H,12,36H2. The van der Waals surface area contributed by atoms with Gasteiger partial charge in [-0.25, -0.2) is 0 Å². The van der Waals surface area contributed by atoms with E-state index in [0.717, 1.165) is 185 Å². The van der Waals surface area contributed by atoms with Crippen LogP contribution in [0.15, 0.2) is 322 Å². The number of aryl methyl sites for hydroxylation is 1. The summed E-state index contributed by atoms with van der Waals surface area (Å²) >= 11 is 0. The average molecular weight is 1270 g/mol. The third-order valence-corrected chi connectivity index (χ3v) is 20.5. The summed E-state index contributed by atoms with van der Waals surface area (Å²) in [6.45, 7) is 0. The van der Waals surface area contributed by atoms with E-state index < -0.39 is 0 Å². The number of allylic oxidation sites excluding steroid dienone is 1. The van der Waals surface area contributed by atoms with Gasteiger partial charge in [-0.15, -0.1) is 0 Å². The summed E-state index contributed by atoms with van der Waals surface area (Å²) in [7, 11) is 0. The summed E-state index contributed by atoms with van der Waals surface area (Å²) in [4.78, 5) is 0. The van der Waals surface area contributed by atoms with Gasteiger partial charge in [0.25, 0.3) is 0 Å². The number of hydrogen-bond donors (Lipinski definition) is 2. The van der Waals surface area contributed by atoms with Crippen LogP contribution in [0.25, 0.3) is 155 Å². The molecule has 0 amide bonds. The summed E-state index contributed by atoms with van der Waals surface area (Å²) in [6, 6.07) is 117. The Balaban J connectivity index is 1.01. The first-order valence-electron chi connectivity index (χ1n) is 34.0. The molecule has 19 aromatic rings. The van der Waals surface area contributed by atoms with Gasteiger partial charge in [0.2, 0.25) is 0 Å². The summed E-state index contributed by atoms with van der Waals surface area (Å²) in [5.74, 6) is 0. The van der Waals surface area contributed by atoms with Crippen LogP contribution < -0.4 is 10.6 Å². The van der Waals surface area contributed by atoms with Gasteiger partial charge in [0.05, 0.1) is 78.1 Å². The molecule has 8 heteroatoms. The van der Waals surface area contributed by atoms with Crippen LogP contribution in [-0.2, 0) is 6.42 Å². The number of rotatable bonds is 11. The number of fused-ring (bicyclic) bond motifs is 15. The molecule has 99 heavy (non-hydrogen) atoms. The Labute approximate surface area is 570 Å². The number of para-hydroxylation sites is 9. The number of nitrogens with zero attached hydrogens (tertiary/aromatic N) is 6. The van der Waals surface area contributed by atoms with Crippen LogP contribution in [0.4, 0.5) is 22.7 Å². The number of hydrogen-bond acceptors (Lipinski definition) is 3. The predicted octanol–water partition coefficient (Wildman–Crippen LogP) is 23.7. The van der Waals surface area contributed by atoms with Gasteiger partial charge in [0, 0.05) is 88.0 Å². The normalized spacial score (nSPS) is 12.3. The van der Waals surface area contributed by atoms with Gasteiger partial charge >= 0.3 is 0 Å². The summed E-state index contributed by atoms with van der Waals surface area (Å²) in [6.07, 6.45) is 6.38. The van der Waals surface area contributed by atoms with Gasteiger partial charge in [-0.3, -0.25) is 0 Å². The van der Waals surface area contributed by atoms with E-state index in [1.165, 1.54) is 10.9 Å². The highest BCUT2D eigenvalue weighted by atomic mass is 15.2. The Morgan fingerprint density at radius 1 is 0.283 bits per heavy atom. The van der Waals surface area contributed by atoms with Crippen molar-refractivity contribution in [3.05, 3.63) is 338 Å². The van der Waals surface area contributed by atoms with Crippen LogP contribution >= 0.6 is 0 Å². The molecule has 0 saturated carbocycles. The van der Waals surface area contributed by atoms with E-state index in [1.807, 2.05) is 0 Å². The molecule has 0 unspecified atom stereocenters. The molecule has 20 rings (SSSR count). The molecule has 0 aliphatic heterocycles. The van der Waals surface area contributed by atoms with Gasteiger partial charge in [-0.05, 0) is 127 Å². The minimum atomic E-state index is 0.516. The van der Waals surface area contributed by atoms with E-state index in [-0.39, 0.29) is 0 Å². The SMILES string of the molecule is N#Cc1c(-n2c3c(c4ccccc42)CCC=C3)c(-n2c3ccccc3c3cc(Nc4ccccc4-c4ccccc4)ccc32)c(-n2c3ccccc3c3ccccc32)c(-n2c3ccccc3c3cc(Nc4ccccc4-c4ccccc4)ccc32)c1-n1c2ccccc2c2ccccc21. The van der Waals surface area contributed by atoms with Crippen molar-refractivity contribution in [3.63, 3.8) is 0 Å². The first kappa shape index (κ1) is 56.0. The Hall–Kier alpha value is -13.4. The maximum absolute atomic E-state index is 13.4. The number of anilines is 4. The van der Waals surface area contributed by atoms with E-state index in [4.69, 9.17) is 0 Å². The molecule has 2 N–H and O–H groups in total. The lowest BCUT2D eigenvalue weighted by atomic mass is 9.99. The van der Waals surface area contributed by atoms with E-state index in [1.54, 1.807) is 0 Å². The van der Waals surface area contributed by atoms with Crippen LogP contribution in [0.1, 0.15) is 23.2 Å². The van der Waals surface area contributed by atoms with E-state index in [2.05, 4.69) is 367 Å². The lowest BCUT2D eigenvalue weighted by Gasteiger charge is -2.30. The minimum absolute atomic E-state index is 0.516. The summed E-state index contributed by atoms with van der Waals surface area (Å²) < 4.78 is 12.4. The van der Waals surface area contributed by atoms with E-state index >= 15 is 0 Å². The van der Waals surface area contributed by atoms with Crippen LogP contribution in [0, 0.1) is 11.3 Å². The number of aromatic nitrogens is 5. The highest BCUT2D eigenvalue weighted by Gasteiger charge is 2.37. The molecule has 0 saturated heterocycles. The smallest absolute Gasteiger partial charge is 0.105 e. The van der Waals surface area contributed by atoms with E-state index in [0.29, 0.717) is 5.56 Å². The monoisotopic (exact) mass is 1260 g/mol. The molecule has 8 nitrogen and oxygen atoms in total. The highest BCUT2D eigenvalue weighted by molar-refractivity contribution is 6.18. The molecule has 1 aliphatic rings. The van der Waals surface area contributed by atoms with Gasteiger partial charge in [0.1, 0.15) is 11.6 Å². The fourth-order valence-electron chi connectivity index (χ4n) is 16.4. The molecule has 5 aromatic heterocycles. The molecule has 0 radical (unpaired) electrons. The minimum Gasteiger partial charge on any atom is -0.355 e. The third kappa shape index (κ3) is 8.51. The van der Waals surface area contributed by atoms with Crippen molar-refractivity contribution in [1.29, 1.82) is 5.26 Å². The zero-order valence-electron chi connectivity index (χ0n) is 53.8. The van der Waals surface area contributed by atoms with Crippen LogP contribution in [-0.4, -0.2) is 22.8 Å². The third-order valence-electron chi connectivity index (χ3n) is 20.5. The lowest BCUT2D eigenvalue weighted by Crippen LogP contribution is -2.19. The molecule has 0 bridgehead atoms. The van der Waals surface area contributed by atoms with Crippen molar-refractivity contribution in [2.75, 3.05) is 10.6 Å². The van der Waals surface area contributed by atoms with Crippen molar-refractivity contribution in [1.82, 2.24) is 22.8 Å². The van der Waals surface area contributed by atoms with Gasteiger partial charge in [-0.1, -0.05) is 231 Å². The average Bonchev–Trinajstić information content (AvgIpc) is 1.56. The van der Waals surface area contributed by atoms with Crippen LogP contribution in [0.3, 0.4) is 0 Å². The molecular formula is C91H60N8. The largest absolute Gasteiger partial charge is 0.355 e. The fraction of sp³-hybridized carbons (Fsp3) is 0.0220. The van der Waals surface area contributed by atoms with Crippen molar-refractivity contribution >= 4 is 127 Å². The highest BCUT2D eigenvalue weighted by Crippen LogP contribution is 2.53. The number of nitrogens with one attached hydrogen (secondary N) is 2. The maximum atomic E-state index is 13.4. The molecule has 5 heterocycles. The molecule has 1 aliphatic carbocycles. The van der Waals surface area contributed by atoms with Gasteiger partial charge in [-0.2, -0.15) is 5.26 Å². The Kier molecular flexibility index (Phi) is 12.7. The second-order valence-corrected chi connectivity index (χ2v) is 25.9. The molecule has 14 aromatic carbocycles. The summed E-state index contributed by atoms with van der Waals surface area (Å²) in [5, 5.41) is 31.1. The molecule has 0 atom stereocenters. The number of benzene rings is 14. The lowest BCUT2D eigenvalue weighted by molar-refractivity contribution is 0.947. The molecular weight excluding hydrogens is 1210 g/mol. The zero-order chi connectivity index (χ0) is 65.2. The molecule has 0 spiro atoms. The van der Waals surface area contributed by atoms with Crippen LogP contribution in [0.5, 0.6) is 0 Å². The quantitative estimate of drug-likeness (QED) is 0.136. The Morgan fingerprint density at radius 2 is 0.596 bits per heavy atom. The summed E-state index contributed by atoms with van der Waals surface area (Å²) in [5.41, 5.74) is 24.3. The topological polar surface area (TPSA) is 72.5 Å². The Bertz CT molecular complexity index is 6510. The van der Waals surface area contributed by atoms with Crippen molar-refractivity contribution in [2.45, 2.75) is 12.8 Å². The van der Waals surface area contributed by atoms with Gasteiger partial charge < -0.3 is 33.5 Å². The molecule has 464 valence electrons. The molecule has 0 fully saturated rings. The first-order chi connectivity index (χ1) is 49.1.